The quantitative estimate of drug-likeness (QED) is 0.543. The van der Waals surface area contributed by atoms with Gasteiger partial charge in [0, 0.05) is 6.08 Å². The normalized spacial score (nSPS) is 11.2. The van der Waals surface area contributed by atoms with Crippen LogP contribution in [0.25, 0.3) is 22.5 Å². The second kappa shape index (κ2) is 5.96. The van der Waals surface area contributed by atoms with Gasteiger partial charge in [0.1, 0.15) is 5.58 Å². The summed E-state index contributed by atoms with van der Waals surface area (Å²) in [5.41, 5.74) is 0.887. The molecular weight excluding hydrogens is 296 g/mol. The molecule has 0 bridgehead atoms. The minimum Gasteiger partial charge on any atom is -0.461 e. The summed E-state index contributed by atoms with van der Waals surface area (Å²) in [6.45, 7) is 3.55. The molecule has 3 rings (SSSR count). The Kier molecular flexibility index (Phi) is 3.85. The van der Waals surface area contributed by atoms with Gasteiger partial charge < -0.3 is 13.6 Å². The molecule has 0 radical (unpaired) electrons. The minimum atomic E-state index is -0.653. The van der Waals surface area contributed by atoms with Crippen molar-refractivity contribution in [3.63, 3.8) is 0 Å². The summed E-state index contributed by atoms with van der Waals surface area (Å²) < 4.78 is 16.2. The van der Waals surface area contributed by atoms with Crippen LogP contribution in [0.15, 0.2) is 62.4 Å². The predicted octanol–water partition coefficient (Wildman–Crippen LogP) is 3.84. The maximum absolute atomic E-state index is 12.7. The number of fused-ring (bicyclic) bond motifs is 1. The van der Waals surface area contributed by atoms with Gasteiger partial charge in [0.25, 0.3) is 0 Å². The molecule has 0 fully saturated rings. The van der Waals surface area contributed by atoms with Crippen molar-refractivity contribution in [3.05, 3.63) is 64.5 Å². The van der Waals surface area contributed by atoms with Crippen LogP contribution in [0.3, 0.4) is 0 Å². The fourth-order valence-corrected chi connectivity index (χ4v) is 2.23. The summed E-state index contributed by atoms with van der Waals surface area (Å²) in [4.78, 5) is 24.5. The third kappa shape index (κ3) is 2.81. The molecule has 2 heterocycles. The second-order valence-corrected chi connectivity index (χ2v) is 4.99. The van der Waals surface area contributed by atoms with Crippen LogP contribution in [0.1, 0.15) is 12.5 Å². The number of benzene rings is 1. The number of carbonyl (C=O) groups excluding carboxylic acids is 1. The highest BCUT2D eigenvalue weighted by Gasteiger charge is 2.21. The van der Waals surface area contributed by atoms with Gasteiger partial charge in [-0.05, 0) is 38.1 Å². The summed E-state index contributed by atoms with van der Waals surface area (Å²) in [6, 6.07) is 8.52. The first-order valence-electron chi connectivity index (χ1n) is 7.06. The lowest BCUT2D eigenvalue weighted by Crippen LogP contribution is -2.14. The van der Waals surface area contributed by atoms with E-state index in [-0.39, 0.29) is 11.5 Å². The van der Waals surface area contributed by atoms with E-state index in [9.17, 15) is 9.59 Å². The topological polar surface area (TPSA) is 69.7 Å². The molecule has 2 aromatic heterocycles. The Labute approximate surface area is 131 Å². The highest BCUT2D eigenvalue weighted by atomic mass is 16.5. The largest absolute Gasteiger partial charge is 0.461 e. The smallest absolute Gasteiger partial charge is 0.336 e. The number of carbonyl (C=O) groups is 1. The molecule has 0 aliphatic heterocycles. The number of rotatable bonds is 3. The lowest BCUT2D eigenvalue weighted by Gasteiger charge is -2.08. The van der Waals surface area contributed by atoms with Crippen molar-refractivity contribution in [2.24, 2.45) is 0 Å². The Morgan fingerprint density at radius 2 is 2.09 bits per heavy atom. The van der Waals surface area contributed by atoms with Crippen molar-refractivity contribution in [3.8, 4) is 17.3 Å². The number of hydrogen-bond donors (Lipinski definition) is 0. The number of hydrogen-bond acceptors (Lipinski definition) is 5. The molecule has 0 saturated heterocycles. The summed E-state index contributed by atoms with van der Waals surface area (Å²) in [5, 5.41) is 0.351. The van der Waals surface area contributed by atoms with Gasteiger partial charge in [0.05, 0.1) is 11.6 Å². The molecule has 1 aromatic carbocycles. The van der Waals surface area contributed by atoms with Gasteiger partial charge in [-0.15, -0.1) is 0 Å². The van der Waals surface area contributed by atoms with Crippen molar-refractivity contribution in [2.75, 3.05) is 0 Å². The average Bonchev–Trinajstić information content (AvgIpc) is 3.05. The van der Waals surface area contributed by atoms with Gasteiger partial charge in [0.15, 0.2) is 5.76 Å². The van der Waals surface area contributed by atoms with Gasteiger partial charge in [-0.3, -0.25) is 4.79 Å². The molecule has 0 aliphatic rings. The van der Waals surface area contributed by atoms with E-state index in [4.69, 9.17) is 13.6 Å². The number of esters is 1. The zero-order chi connectivity index (χ0) is 16.4. The Morgan fingerprint density at radius 3 is 2.78 bits per heavy atom. The standard InChI is InChI=1S/C18H14O5/c1-3-5-15(19)23-18-16(20)12-10-11(2)7-8-13(12)22-17(18)14-6-4-9-21-14/h3-10H,1-2H3. The Bertz CT molecular complexity index is 945. The van der Waals surface area contributed by atoms with Gasteiger partial charge in [-0.1, -0.05) is 17.7 Å². The van der Waals surface area contributed by atoms with Crippen molar-refractivity contribution >= 4 is 16.9 Å². The molecule has 0 atom stereocenters. The first kappa shape index (κ1) is 14.8. The number of allylic oxidation sites excluding steroid dienone is 1. The molecule has 5 nitrogen and oxygen atoms in total. The van der Waals surface area contributed by atoms with E-state index in [1.165, 1.54) is 18.4 Å². The maximum Gasteiger partial charge on any atom is 0.336 e. The molecule has 23 heavy (non-hydrogen) atoms. The van der Waals surface area contributed by atoms with Crippen LogP contribution in [0.2, 0.25) is 0 Å². The third-order valence-electron chi connectivity index (χ3n) is 3.25. The monoisotopic (exact) mass is 310 g/mol. The molecule has 0 aliphatic carbocycles. The first-order chi connectivity index (χ1) is 11.1. The van der Waals surface area contributed by atoms with Crippen LogP contribution in [0, 0.1) is 6.92 Å². The molecule has 3 aromatic rings. The van der Waals surface area contributed by atoms with E-state index in [0.717, 1.165) is 5.56 Å². The molecule has 0 amide bonds. The van der Waals surface area contributed by atoms with E-state index < -0.39 is 11.4 Å². The number of ether oxygens (including phenoxy) is 1. The highest BCUT2D eigenvalue weighted by Crippen LogP contribution is 2.31. The molecular formula is C18H14O5. The lowest BCUT2D eigenvalue weighted by atomic mass is 10.1. The Balaban J connectivity index is 2.28. The molecule has 116 valence electrons. The van der Waals surface area contributed by atoms with Crippen molar-refractivity contribution in [2.45, 2.75) is 13.8 Å². The van der Waals surface area contributed by atoms with Gasteiger partial charge in [0.2, 0.25) is 16.9 Å². The van der Waals surface area contributed by atoms with E-state index in [1.807, 2.05) is 13.0 Å². The second-order valence-electron chi connectivity index (χ2n) is 4.99. The van der Waals surface area contributed by atoms with Crippen LogP contribution in [0.5, 0.6) is 5.75 Å². The first-order valence-corrected chi connectivity index (χ1v) is 7.06. The third-order valence-corrected chi connectivity index (χ3v) is 3.25. The summed E-state index contributed by atoms with van der Waals surface area (Å²) in [6.07, 6.45) is 4.21. The number of aryl methyl sites for hydroxylation is 1. The van der Waals surface area contributed by atoms with E-state index >= 15 is 0 Å². The van der Waals surface area contributed by atoms with Gasteiger partial charge >= 0.3 is 5.97 Å². The molecule has 5 heteroatoms. The summed E-state index contributed by atoms with van der Waals surface area (Å²) >= 11 is 0. The Hall–Kier alpha value is -3.08. The SMILES string of the molecule is CC=CC(=O)Oc1c(-c2ccco2)oc2ccc(C)cc2c1=O. The van der Waals surface area contributed by atoms with Crippen LogP contribution in [-0.4, -0.2) is 5.97 Å². The van der Waals surface area contributed by atoms with Gasteiger partial charge in [-0.25, -0.2) is 4.79 Å². The lowest BCUT2D eigenvalue weighted by molar-refractivity contribution is -0.129. The highest BCUT2D eigenvalue weighted by molar-refractivity contribution is 5.87. The van der Waals surface area contributed by atoms with E-state index in [2.05, 4.69) is 0 Å². The molecule has 0 saturated carbocycles. The Morgan fingerprint density at radius 1 is 1.26 bits per heavy atom. The van der Waals surface area contributed by atoms with Crippen molar-refractivity contribution < 1.29 is 18.4 Å². The van der Waals surface area contributed by atoms with Crippen LogP contribution in [-0.2, 0) is 4.79 Å². The predicted molar refractivity (Wildman–Crippen MR) is 85.4 cm³/mol. The fourth-order valence-electron chi connectivity index (χ4n) is 2.23. The average molecular weight is 310 g/mol. The zero-order valence-corrected chi connectivity index (χ0v) is 12.7. The molecule has 0 unspecified atom stereocenters. The zero-order valence-electron chi connectivity index (χ0n) is 12.7. The summed E-state index contributed by atoms with van der Waals surface area (Å²) in [7, 11) is 0. The van der Waals surface area contributed by atoms with Gasteiger partial charge in [-0.2, -0.15) is 0 Å². The van der Waals surface area contributed by atoms with Crippen molar-refractivity contribution in [1.29, 1.82) is 0 Å². The van der Waals surface area contributed by atoms with Crippen LogP contribution >= 0.6 is 0 Å². The van der Waals surface area contributed by atoms with E-state index in [1.54, 1.807) is 31.2 Å². The molecule has 0 N–H and O–H groups in total. The number of furan rings is 1. The molecule has 0 spiro atoms. The summed E-state index contributed by atoms with van der Waals surface area (Å²) in [5.74, 6) is -0.428. The fraction of sp³-hybridized carbons (Fsp3) is 0.111. The van der Waals surface area contributed by atoms with Crippen molar-refractivity contribution in [1.82, 2.24) is 0 Å². The van der Waals surface area contributed by atoms with Crippen LogP contribution in [0.4, 0.5) is 0 Å². The maximum atomic E-state index is 12.7. The minimum absolute atomic E-state index is 0.0919. The van der Waals surface area contributed by atoms with E-state index in [0.29, 0.717) is 16.7 Å². The van der Waals surface area contributed by atoms with Crippen LogP contribution < -0.4 is 10.2 Å².